The quantitative estimate of drug-likeness (QED) is 0.802. The van der Waals surface area contributed by atoms with E-state index in [2.05, 4.69) is 20.2 Å². The van der Waals surface area contributed by atoms with Crippen molar-refractivity contribution in [3.05, 3.63) is 0 Å². The third-order valence-electron chi connectivity index (χ3n) is 2.83. The first-order chi connectivity index (χ1) is 9.37. The third-order valence-corrected chi connectivity index (χ3v) is 5.74. The van der Waals surface area contributed by atoms with Crippen LogP contribution < -0.4 is 10.0 Å². The lowest BCUT2D eigenvalue weighted by atomic mass is 9.96. The van der Waals surface area contributed by atoms with Crippen LogP contribution in [-0.4, -0.2) is 30.1 Å². The van der Waals surface area contributed by atoms with Gasteiger partial charge < -0.3 is 5.32 Å². The van der Waals surface area contributed by atoms with E-state index in [0.717, 1.165) is 11.3 Å². The maximum Gasteiger partial charge on any atom is 0.270 e. The molecule has 0 aliphatic heterocycles. The standard InChI is InChI=1S/C12H22N4O3S2/c1-7-12(5,6)16-21(18,19)10-15-14-9(20-10)13-8(17)11(2,3)4/h16H,7H2,1-6H3,(H,13,14,17). The topological polar surface area (TPSA) is 101 Å². The number of hydrogen-bond acceptors (Lipinski definition) is 6. The molecule has 0 saturated carbocycles. The van der Waals surface area contributed by atoms with Crippen LogP contribution in [0.1, 0.15) is 48.0 Å². The number of aromatic nitrogens is 2. The molecular formula is C12H22N4O3S2. The molecular weight excluding hydrogens is 312 g/mol. The van der Waals surface area contributed by atoms with Crippen LogP contribution >= 0.6 is 11.3 Å². The molecule has 1 amide bonds. The minimum Gasteiger partial charge on any atom is -0.300 e. The molecule has 0 aliphatic rings. The molecule has 120 valence electrons. The second-order valence-electron chi connectivity index (χ2n) is 6.42. The van der Waals surface area contributed by atoms with Gasteiger partial charge in [-0.2, -0.15) is 0 Å². The molecule has 0 fully saturated rings. The van der Waals surface area contributed by atoms with Gasteiger partial charge in [0, 0.05) is 11.0 Å². The van der Waals surface area contributed by atoms with Crippen molar-refractivity contribution in [3.8, 4) is 0 Å². The highest BCUT2D eigenvalue weighted by Crippen LogP contribution is 2.24. The van der Waals surface area contributed by atoms with E-state index in [0.29, 0.717) is 6.42 Å². The monoisotopic (exact) mass is 334 g/mol. The van der Waals surface area contributed by atoms with Gasteiger partial charge in [-0.3, -0.25) is 4.79 Å². The van der Waals surface area contributed by atoms with Gasteiger partial charge in [-0.25, -0.2) is 13.1 Å². The largest absolute Gasteiger partial charge is 0.300 e. The molecule has 0 aliphatic carbocycles. The molecule has 0 saturated heterocycles. The van der Waals surface area contributed by atoms with Crippen molar-refractivity contribution in [3.63, 3.8) is 0 Å². The molecule has 0 bridgehead atoms. The Morgan fingerprint density at radius 1 is 1.19 bits per heavy atom. The molecule has 1 heterocycles. The lowest BCUT2D eigenvalue weighted by Gasteiger charge is -2.22. The number of carbonyl (C=O) groups excluding carboxylic acids is 1. The van der Waals surface area contributed by atoms with Crippen LogP contribution in [0.3, 0.4) is 0 Å². The van der Waals surface area contributed by atoms with Gasteiger partial charge >= 0.3 is 0 Å². The van der Waals surface area contributed by atoms with Gasteiger partial charge in [-0.05, 0) is 20.3 Å². The Balaban J connectivity index is 2.91. The van der Waals surface area contributed by atoms with Crippen molar-refractivity contribution in [2.24, 2.45) is 5.41 Å². The minimum atomic E-state index is -3.74. The molecule has 0 atom stereocenters. The van der Waals surface area contributed by atoms with E-state index < -0.39 is 21.0 Å². The molecule has 0 aromatic carbocycles. The first-order valence-corrected chi connectivity index (χ1v) is 8.86. The highest BCUT2D eigenvalue weighted by Gasteiger charge is 2.29. The predicted octanol–water partition coefficient (Wildman–Crippen LogP) is 1.99. The zero-order chi connectivity index (χ0) is 16.5. The van der Waals surface area contributed by atoms with E-state index >= 15 is 0 Å². The Hall–Kier alpha value is -1.06. The fourth-order valence-corrected chi connectivity index (χ4v) is 3.51. The van der Waals surface area contributed by atoms with Crippen LogP contribution in [0.4, 0.5) is 5.13 Å². The van der Waals surface area contributed by atoms with Crippen molar-refractivity contribution in [1.29, 1.82) is 0 Å². The van der Waals surface area contributed by atoms with Gasteiger partial charge in [0.1, 0.15) is 0 Å². The Labute approximate surface area is 129 Å². The summed E-state index contributed by atoms with van der Waals surface area (Å²) in [7, 11) is -3.74. The second kappa shape index (κ2) is 5.98. The van der Waals surface area contributed by atoms with Gasteiger partial charge in [0.15, 0.2) is 0 Å². The van der Waals surface area contributed by atoms with Crippen molar-refractivity contribution in [1.82, 2.24) is 14.9 Å². The molecule has 1 aromatic rings. The maximum absolute atomic E-state index is 12.2. The van der Waals surface area contributed by atoms with E-state index in [4.69, 9.17) is 0 Å². The van der Waals surface area contributed by atoms with Crippen molar-refractivity contribution in [2.75, 3.05) is 5.32 Å². The second-order valence-corrected chi connectivity index (χ2v) is 9.25. The molecule has 0 unspecified atom stereocenters. The molecule has 7 nitrogen and oxygen atoms in total. The molecule has 21 heavy (non-hydrogen) atoms. The summed E-state index contributed by atoms with van der Waals surface area (Å²) in [5.41, 5.74) is -1.16. The molecule has 1 rings (SSSR count). The summed E-state index contributed by atoms with van der Waals surface area (Å²) in [6.45, 7) is 10.7. The van der Waals surface area contributed by atoms with Crippen LogP contribution in [0.15, 0.2) is 4.34 Å². The first kappa shape index (κ1) is 18.0. The lowest BCUT2D eigenvalue weighted by Crippen LogP contribution is -2.42. The first-order valence-electron chi connectivity index (χ1n) is 6.56. The van der Waals surface area contributed by atoms with Crippen molar-refractivity contribution in [2.45, 2.75) is 57.8 Å². The normalized spacial score (nSPS) is 13.2. The van der Waals surface area contributed by atoms with E-state index in [-0.39, 0.29) is 15.4 Å². The smallest absolute Gasteiger partial charge is 0.270 e. The summed E-state index contributed by atoms with van der Waals surface area (Å²) in [5.74, 6) is -0.246. The van der Waals surface area contributed by atoms with E-state index in [9.17, 15) is 13.2 Å². The summed E-state index contributed by atoms with van der Waals surface area (Å²) < 4.78 is 26.8. The highest BCUT2D eigenvalue weighted by molar-refractivity contribution is 7.91. The number of nitrogens with zero attached hydrogens (tertiary/aromatic N) is 2. The van der Waals surface area contributed by atoms with Crippen LogP contribution in [0.25, 0.3) is 0 Å². The number of carbonyl (C=O) groups is 1. The number of anilines is 1. The lowest BCUT2D eigenvalue weighted by molar-refractivity contribution is -0.123. The fraction of sp³-hybridized carbons (Fsp3) is 0.750. The minimum absolute atomic E-state index is 0.159. The highest BCUT2D eigenvalue weighted by atomic mass is 32.2. The summed E-state index contributed by atoms with van der Waals surface area (Å²) in [6.07, 6.45) is 0.638. The molecule has 2 N–H and O–H groups in total. The summed E-state index contributed by atoms with van der Waals surface area (Å²) in [4.78, 5) is 11.8. The maximum atomic E-state index is 12.2. The third kappa shape index (κ3) is 5.01. The molecule has 0 radical (unpaired) electrons. The van der Waals surface area contributed by atoms with E-state index in [1.165, 1.54) is 0 Å². The molecule has 9 heteroatoms. The Morgan fingerprint density at radius 2 is 1.76 bits per heavy atom. The number of hydrogen-bond donors (Lipinski definition) is 2. The van der Waals surface area contributed by atoms with Crippen LogP contribution in [0, 0.1) is 5.41 Å². The Kier molecular flexibility index (Phi) is 5.12. The van der Waals surface area contributed by atoms with Crippen molar-refractivity contribution < 1.29 is 13.2 Å². The number of sulfonamides is 1. The Bertz CT molecular complexity index is 615. The van der Waals surface area contributed by atoms with Gasteiger partial charge in [0.25, 0.3) is 10.0 Å². The van der Waals surface area contributed by atoms with E-state index in [1.54, 1.807) is 34.6 Å². The number of amides is 1. The SMILES string of the molecule is CCC(C)(C)NS(=O)(=O)c1nnc(NC(=O)C(C)(C)C)s1. The van der Waals surface area contributed by atoms with Gasteiger partial charge in [-0.15, -0.1) is 10.2 Å². The molecule has 1 aromatic heterocycles. The van der Waals surface area contributed by atoms with Crippen LogP contribution in [-0.2, 0) is 14.8 Å². The number of rotatable bonds is 5. The average Bonchev–Trinajstić information content (AvgIpc) is 2.75. The van der Waals surface area contributed by atoms with Gasteiger partial charge in [0.2, 0.25) is 15.4 Å². The predicted molar refractivity (Wildman–Crippen MR) is 82.7 cm³/mol. The summed E-state index contributed by atoms with van der Waals surface area (Å²) >= 11 is 0.831. The van der Waals surface area contributed by atoms with Gasteiger partial charge in [0.05, 0.1) is 0 Å². The van der Waals surface area contributed by atoms with Crippen molar-refractivity contribution >= 4 is 32.4 Å². The zero-order valence-corrected chi connectivity index (χ0v) is 14.8. The molecule has 0 spiro atoms. The fourth-order valence-electron chi connectivity index (χ4n) is 1.13. The van der Waals surface area contributed by atoms with Crippen LogP contribution in [0.2, 0.25) is 0 Å². The average molecular weight is 334 g/mol. The van der Waals surface area contributed by atoms with Gasteiger partial charge in [-0.1, -0.05) is 39.0 Å². The Morgan fingerprint density at radius 3 is 2.24 bits per heavy atom. The summed E-state index contributed by atoms with van der Waals surface area (Å²) in [6, 6.07) is 0. The van der Waals surface area contributed by atoms with Crippen LogP contribution in [0.5, 0.6) is 0 Å². The summed E-state index contributed by atoms with van der Waals surface area (Å²) in [5, 5.41) is 10.1. The number of nitrogens with one attached hydrogen (secondary N) is 2. The van der Waals surface area contributed by atoms with E-state index in [1.807, 2.05) is 6.92 Å². The zero-order valence-electron chi connectivity index (χ0n) is 13.1.